The fourth-order valence-electron chi connectivity index (χ4n) is 2.60. The van der Waals surface area contributed by atoms with Crippen LogP contribution in [-0.2, 0) is 14.1 Å². The Hall–Kier alpha value is -2.03. The van der Waals surface area contributed by atoms with E-state index in [1.165, 1.54) is 5.39 Å². The predicted octanol–water partition coefficient (Wildman–Crippen LogP) is 4.39. The van der Waals surface area contributed by atoms with Crippen molar-refractivity contribution in [1.82, 2.24) is 9.13 Å². The van der Waals surface area contributed by atoms with E-state index >= 15 is 0 Å². The quantitative estimate of drug-likeness (QED) is 0.602. The molecule has 0 atom stereocenters. The van der Waals surface area contributed by atoms with Gasteiger partial charge in [0.2, 0.25) is 0 Å². The molecule has 0 N–H and O–H groups in total. The van der Waals surface area contributed by atoms with Gasteiger partial charge < -0.3 is 4.57 Å². The lowest BCUT2D eigenvalue weighted by molar-refractivity contribution is 0.837. The van der Waals surface area contributed by atoms with Crippen molar-refractivity contribution < 1.29 is 0 Å². The number of rotatable bonds is 0. The van der Waals surface area contributed by atoms with Gasteiger partial charge in [0.25, 0.3) is 5.56 Å². The molecule has 3 heteroatoms. The lowest BCUT2D eigenvalue weighted by atomic mass is 10.1. The van der Waals surface area contributed by atoms with E-state index in [9.17, 15) is 4.79 Å². The molecular weight excluding hydrogens is 260 g/mol. The molecule has 0 aliphatic rings. The van der Waals surface area contributed by atoms with E-state index in [-0.39, 0.29) is 5.56 Å². The van der Waals surface area contributed by atoms with Crippen LogP contribution >= 0.6 is 0 Å². The Morgan fingerprint density at radius 3 is 2.05 bits per heavy atom. The van der Waals surface area contributed by atoms with E-state index in [0.29, 0.717) is 0 Å². The Morgan fingerprint density at radius 2 is 1.43 bits per heavy atom. The number of aryl methyl sites for hydroxylation is 3. The minimum atomic E-state index is 0.0726. The van der Waals surface area contributed by atoms with Gasteiger partial charge in [0.15, 0.2) is 0 Å². The van der Waals surface area contributed by atoms with Gasteiger partial charge in [-0.05, 0) is 19.1 Å². The molecular formula is C18H26N2O. The van der Waals surface area contributed by atoms with Gasteiger partial charge in [-0.25, -0.2) is 0 Å². The highest BCUT2D eigenvalue weighted by molar-refractivity contribution is 6.06. The summed E-state index contributed by atoms with van der Waals surface area (Å²) < 4.78 is 3.80. The van der Waals surface area contributed by atoms with Crippen LogP contribution in [0.3, 0.4) is 0 Å². The van der Waals surface area contributed by atoms with E-state index in [1.807, 2.05) is 66.9 Å². The van der Waals surface area contributed by atoms with Crippen molar-refractivity contribution in [2.45, 2.75) is 34.6 Å². The molecule has 0 aliphatic heterocycles. The maximum atomic E-state index is 12.0. The van der Waals surface area contributed by atoms with Crippen molar-refractivity contribution in [2.75, 3.05) is 0 Å². The molecule has 0 saturated carbocycles. The predicted molar refractivity (Wildman–Crippen MR) is 93.1 cm³/mol. The summed E-state index contributed by atoms with van der Waals surface area (Å²) >= 11 is 0. The Kier molecular flexibility index (Phi) is 5.77. The van der Waals surface area contributed by atoms with Gasteiger partial charge >= 0.3 is 0 Å². The van der Waals surface area contributed by atoms with Crippen LogP contribution in [-0.4, -0.2) is 9.13 Å². The number of aromatic nitrogens is 2. The van der Waals surface area contributed by atoms with Crippen molar-refractivity contribution in [3.63, 3.8) is 0 Å². The molecule has 0 aliphatic carbocycles. The average molecular weight is 286 g/mol. The first-order valence-corrected chi connectivity index (χ1v) is 7.65. The number of fused-ring (bicyclic) bond motifs is 3. The zero-order valence-corrected chi connectivity index (χ0v) is 14.2. The average Bonchev–Trinajstić information content (AvgIpc) is 2.82. The molecule has 0 saturated heterocycles. The van der Waals surface area contributed by atoms with Gasteiger partial charge in [-0.3, -0.25) is 9.36 Å². The summed E-state index contributed by atoms with van der Waals surface area (Å²) in [7, 11) is 3.83. The minimum Gasteiger partial charge on any atom is -0.330 e. The molecule has 2 aromatic heterocycles. The van der Waals surface area contributed by atoms with Crippen LogP contribution in [0.1, 0.15) is 33.3 Å². The fourth-order valence-corrected chi connectivity index (χ4v) is 2.60. The molecule has 3 aromatic rings. The number of nitrogens with zero attached hydrogens (tertiary/aromatic N) is 2. The molecule has 0 fully saturated rings. The third-order valence-corrected chi connectivity index (χ3v) is 3.43. The van der Waals surface area contributed by atoms with E-state index < -0.39 is 0 Å². The summed E-state index contributed by atoms with van der Waals surface area (Å²) in [6, 6.07) is 10.2. The van der Waals surface area contributed by atoms with E-state index in [4.69, 9.17) is 0 Å². The molecule has 0 unspecified atom stereocenters. The number of pyridine rings is 1. The van der Waals surface area contributed by atoms with Crippen molar-refractivity contribution in [2.24, 2.45) is 14.1 Å². The van der Waals surface area contributed by atoms with Crippen LogP contribution < -0.4 is 5.56 Å². The number of hydrogen-bond donors (Lipinski definition) is 0. The minimum absolute atomic E-state index is 0.0726. The number of para-hydroxylation sites is 1. The molecule has 21 heavy (non-hydrogen) atoms. The number of hydrogen-bond acceptors (Lipinski definition) is 1. The molecule has 0 radical (unpaired) electrons. The second kappa shape index (κ2) is 7.11. The maximum absolute atomic E-state index is 12.0. The summed E-state index contributed by atoms with van der Waals surface area (Å²) in [6.07, 6.45) is 0. The van der Waals surface area contributed by atoms with Crippen LogP contribution in [0, 0.1) is 6.92 Å². The van der Waals surface area contributed by atoms with Gasteiger partial charge in [0, 0.05) is 30.4 Å². The van der Waals surface area contributed by atoms with Crippen LogP contribution in [0.5, 0.6) is 0 Å². The molecule has 0 bridgehead atoms. The van der Waals surface area contributed by atoms with Crippen LogP contribution in [0.2, 0.25) is 0 Å². The second-order valence-electron chi connectivity index (χ2n) is 4.50. The zero-order chi connectivity index (χ0) is 16.2. The molecule has 114 valence electrons. The Balaban J connectivity index is 0.000000510. The zero-order valence-electron chi connectivity index (χ0n) is 14.2. The van der Waals surface area contributed by atoms with Crippen LogP contribution in [0.4, 0.5) is 0 Å². The smallest absolute Gasteiger partial charge is 0.254 e. The lowest BCUT2D eigenvalue weighted by Crippen LogP contribution is -2.20. The molecule has 3 rings (SSSR count). The molecule has 0 spiro atoms. The first kappa shape index (κ1) is 17.0. The molecule has 0 amide bonds. The van der Waals surface area contributed by atoms with E-state index in [2.05, 4.69) is 16.7 Å². The van der Waals surface area contributed by atoms with Gasteiger partial charge in [0.1, 0.15) is 5.65 Å². The van der Waals surface area contributed by atoms with Crippen molar-refractivity contribution in [3.05, 3.63) is 46.2 Å². The third-order valence-electron chi connectivity index (χ3n) is 3.43. The Bertz CT molecular complexity index is 794. The Labute approximate surface area is 126 Å². The largest absolute Gasteiger partial charge is 0.330 e. The SMILES string of the molecule is CC.CC.Cc1cc2c3ccccc3n(C)c2n(C)c1=O. The molecule has 1 aromatic carbocycles. The molecule has 2 heterocycles. The maximum Gasteiger partial charge on any atom is 0.254 e. The van der Waals surface area contributed by atoms with E-state index in [0.717, 1.165) is 22.1 Å². The van der Waals surface area contributed by atoms with Crippen LogP contribution in [0.15, 0.2) is 35.1 Å². The second-order valence-corrected chi connectivity index (χ2v) is 4.50. The Morgan fingerprint density at radius 1 is 0.857 bits per heavy atom. The lowest BCUT2D eigenvalue weighted by Gasteiger charge is -2.05. The first-order chi connectivity index (χ1) is 10.1. The highest BCUT2D eigenvalue weighted by atomic mass is 16.1. The first-order valence-electron chi connectivity index (χ1n) is 7.65. The van der Waals surface area contributed by atoms with Crippen LogP contribution in [0.25, 0.3) is 21.9 Å². The van der Waals surface area contributed by atoms with E-state index in [1.54, 1.807) is 4.57 Å². The highest BCUT2D eigenvalue weighted by Crippen LogP contribution is 2.26. The summed E-state index contributed by atoms with van der Waals surface area (Å²) in [4.78, 5) is 12.0. The fraction of sp³-hybridized carbons (Fsp3) is 0.389. The highest BCUT2D eigenvalue weighted by Gasteiger charge is 2.12. The van der Waals surface area contributed by atoms with Gasteiger partial charge in [0.05, 0.1) is 5.52 Å². The monoisotopic (exact) mass is 286 g/mol. The van der Waals surface area contributed by atoms with Crippen molar-refractivity contribution >= 4 is 21.9 Å². The van der Waals surface area contributed by atoms with Gasteiger partial charge in [-0.1, -0.05) is 45.9 Å². The molecule has 3 nitrogen and oxygen atoms in total. The normalized spacial score (nSPS) is 9.86. The summed E-state index contributed by atoms with van der Waals surface area (Å²) in [6.45, 7) is 9.86. The third kappa shape index (κ3) is 2.73. The topological polar surface area (TPSA) is 26.9 Å². The van der Waals surface area contributed by atoms with Gasteiger partial charge in [-0.15, -0.1) is 0 Å². The van der Waals surface area contributed by atoms with Gasteiger partial charge in [-0.2, -0.15) is 0 Å². The number of benzene rings is 1. The van der Waals surface area contributed by atoms with Crippen molar-refractivity contribution in [1.29, 1.82) is 0 Å². The summed E-state index contributed by atoms with van der Waals surface area (Å²) in [5, 5.41) is 2.34. The van der Waals surface area contributed by atoms with Crippen molar-refractivity contribution in [3.8, 4) is 0 Å². The summed E-state index contributed by atoms with van der Waals surface area (Å²) in [5.74, 6) is 0. The summed E-state index contributed by atoms with van der Waals surface area (Å²) in [5.41, 5.74) is 2.99. The standard InChI is InChI=1S/C14H14N2O.2C2H6/c1-9-8-11-10-6-4-5-7-12(10)15(2)13(11)16(3)14(9)17;2*1-2/h4-8H,1-3H3;2*1-2H3.